The van der Waals surface area contributed by atoms with E-state index in [1.807, 2.05) is 31.0 Å². The highest BCUT2D eigenvalue weighted by molar-refractivity contribution is 5.83. The van der Waals surface area contributed by atoms with E-state index >= 15 is 0 Å². The van der Waals surface area contributed by atoms with Crippen LogP contribution in [0.15, 0.2) is 31.0 Å². The second-order valence-corrected chi connectivity index (χ2v) is 8.97. The van der Waals surface area contributed by atoms with Gasteiger partial charge in [0.25, 0.3) is 0 Å². The molecule has 0 atom stereocenters. The first-order chi connectivity index (χ1) is 12.7. The van der Waals surface area contributed by atoms with Crippen LogP contribution < -0.4 is 0 Å². The number of hydrogen-bond donors (Lipinski definition) is 1. The minimum absolute atomic E-state index is 0.0266. The second kappa shape index (κ2) is 5.87. The molecule has 140 valence electrons. The van der Waals surface area contributed by atoms with Gasteiger partial charge in [-0.2, -0.15) is 10.2 Å². The third kappa shape index (κ3) is 2.89. The number of H-pyrrole nitrogens is 1. The van der Waals surface area contributed by atoms with Crippen LogP contribution in [0.5, 0.6) is 0 Å². The molecule has 6 heteroatoms. The van der Waals surface area contributed by atoms with Crippen LogP contribution in [0.1, 0.15) is 51.4 Å². The summed E-state index contributed by atoms with van der Waals surface area (Å²) in [7, 11) is 0. The summed E-state index contributed by atoms with van der Waals surface area (Å²) in [6, 6.07) is 0. The summed E-state index contributed by atoms with van der Waals surface area (Å²) < 4.78 is 2.07. The number of fused-ring (bicyclic) bond motifs is 2. The van der Waals surface area contributed by atoms with Crippen molar-refractivity contribution in [2.75, 3.05) is 0 Å². The first-order valence-corrected chi connectivity index (χ1v) is 9.27. The maximum atomic E-state index is 4.71. The van der Waals surface area contributed by atoms with Crippen LogP contribution in [0.3, 0.4) is 0 Å². The molecule has 4 heterocycles. The molecular weight excluding hydrogens is 336 g/mol. The van der Waals surface area contributed by atoms with Gasteiger partial charge in [-0.25, -0.2) is 0 Å². The van der Waals surface area contributed by atoms with Crippen LogP contribution in [0.4, 0.5) is 0 Å². The summed E-state index contributed by atoms with van der Waals surface area (Å²) in [5.74, 6) is 0. The third-order valence-corrected chi connectivity index (χ3v) is 5.29. The Morgan fingerprint density at radius 1 is 0.963 bits per heavy atom. The molecule has 0 aromatic carbocycles. The summed E-state index contributed by atoms with van der Waals surface area (Å²) in [6.45, 7) is 13.9. The lowest BCUT2D eigenvalue weighted by Crippen LogP contribution is -2.27. The van der Waals surface area contributed by atoms with Gasteiger partial charge in [0.2, 0.25) is 0 Å². The quantitative estimate of drug-likeness (QED) is 0.590. The summed E-state index contributed by atoms with van der Waals surface area (Å²) in [5, 5.41) is 14.2. The lowest BCUT2D eigenvalue weighted by atomic mass is 9.81. The number of pyridine rings is 2. The van der Waals surface area contributed by atoms with Gasteiger partial charge in [0.1, 0.15) is 0 Å². The molecule has 1 N–H and O–H groups in total. The molecule has 0 fully saturated rings. The molecule has 4 aromatic heterocycles. The van der Waals surface area contributed by atoms with Crippen molar-refractivity contribution in [1.29, 1.82) is 0 Å². The zero-order valence-corrected chi connectivity index (χ0v) is 16.8. The molecule has 0 aliphatic rings. The number of nitrogens with one attached hydrogen (secondary N) is 1. The van der Waals surface area contributed by atoms with E-state index in [1.54, 1.807) is 0 Å². The fourth-order valence-corrected chi connectivity index (χ4v) is 4.04. The smallest absolute Gasteiger partial charge is 0.0868 e. The van der Waals surface area contributed by atoms with Crippen molar-refractivity contribution in [3.05, 3.63) is 47.8 Å². The predicted molar refractivity (Wildman–Crippen MR) is 108 cm³/mol. The van der Waals surface area contributed by atoms with Crippen molar-refractivity contribution in [1.82, 2.24) is 29.9 Å². The van der Waals surface area contributed by atoms with E-state index < -0.39 is 0 Å². The Morgan fingerprint density at radius 3 is 2.48 bits per heavy atom. The second-order valence-electron chi connectivity index (χ2n) is 8.97. The van der Waals surface area contributed by atoms with Crippen molar-refractivity contribution >= 4 is 21.8 Å². The Bertz CT molecular complexity index is 1130. The monoisotopic (exact) mass is 362 g/mol. The molecule has 4 rings (SSSR count). The number of rotatable bonds is 3. The molecular formula is C21H26N6. The van der Waals surface area contributed by atoms with E-state index in [0.29, 0.717) is 0 Å². The number of nitrogens with zero attached hydrogens (tertiary/aromatic N) is 5. The standard InChI is InChI=1S/C21H26N6/c1-13-19(15-7-24-26-17(15)10-23-13)21(5,6)12-27-18-11-22-9-16(20(2,3)4)14(18)8-25-27/h7-11H,12H2,1-6H3,(H,24,26). The maximum Gasteiger partial charge on any atom is 0.0868 e. The number of aromatic amines is 1. The van der Waals surface area contributed by atoms with Gasteiger partial charge in [0, 0.05) is 28.1 Å². The molecule has 0 bridgehead atoms. The van der Waals surface area contributed by atoms with E-state index in [0.717, 1.165) is 28.7 Å². The molecule has 0 saturated carbocycles. The Balaban J connectivity index is 1.82. The average molecular weight is 362 g/mol. The van der Waals surface area contributed by atoms with Gasteiger partial charge in [0.15, 0.2) is 0 Å². The molecule has 27 heavy (non-hydrogen) atoms. The Morgan fingerprint density at radius 2 is 1.74 bits per heavy atom. The van der Waals surface area contributed by atoms with Crippen molar-refractivity contribution < 1.29 is 0 Å². The summed E-state index contributed by atoms with van der Waals surface area (Å²) in [5.41, 5.74) is 5.34. The van der Waals surface area contributed by atoms with Crippen LogP contribution in [0.25, 0.3) is 21.8 Å². The number of aromatic nitrogens is 6. The SMILES string of the molecule is Cc1ncc2[nH]ncc2c1C(C)(C)Cn1ncc2c(C(C)(C)C)cncc21. The van der Waals surface area contributed by atoms with Gasteiger partial charge in [0.05, 0.1) is 42.4 Å². The number of aryl methyl sites for hydroxylation is 1. The van der Waals surface area contributed by atoms with Crippen molar-refractivity contribution in [2.24, 2.45) is 0 Å². The van der Waals surface area contributed by atoms with Gasteiger partial charge >= 0.3 is 0 Å². The van der Waals surface area contributed by atoms with Crippen LogP contribution >= 0.6 is 0 Å². The molecule has 6 nitrogen and oxygen atoms in total. The fourth-order valence-electron chi connectivity index (χ4n) is 4.04. The number of hydrogen-bond acceptors (Lipinski definition) is 4. The highest BCUT2D eigenvalue weighted by Gasteiger charge is 2.28. The zero-order valence-electron chi connectivity index (χ0n) is 16.8. The van der Waals surface area contributed by atoms with E-state index in [1.165, 1.54) is 16.5 Å². The average Bonchev–Trinajstić information content (AvgIpc) is 3.20. The van der Waals surface area contributed by atoms with Gasteiger partial charge in [-0.3, -0.25) is 19.7 Å². The lowest BCUT2D eigenvalue weighted by Gasteiger charge is -2.27. The van der Waals surface area contributed by atoms with Gasteiger partial charge in [-0.05, 0) is 23.5 Å². The Hall–Kier alpha value is -2.76. The highest BCUT2D eigenvalue weighted by atomic mass is 15.3. The first kappa shape index (κ1) is 17.6. The minimum atomic E-state index is -0.169. The Kier molecular flexibility index (Phi) is 3.84. The maximum absolute atomic E-state index is 4.71. The summed E-state index contributed by atoms with van der Waals surface area (Å²) >= 11 is 0. The van der Waals surface area contributed by atoms with E-state index in [9.17, 15) is 0 Å². The molecule has 0 aliphatic carbocycles. The van der Waals surface area contributed by atoms with Crippen LogP contribution in [-0.2, 0) is 17.4 Å². The highest BCUT2D eigenvalue weighted by Crippen LogP contribution is 2.34. The molecule has 0 saturated heterocycles. The first-order valence-electron chi connectivity index (χ1n) is 9.27. The minimum Gasteiger partial charge on any atom is -0.276 e. The topological polar surface area (TPSA) is 72.3 Å². The molecule has 0 radical (unpaired) electrons. The third-order valence-electron chi connectivity index (χ3n) is 5.29. The van der Waals surface area contributed by atoms with Gasteiger partial charge in [-0.15, -0.1) is 0 Å². The summed E-state index contributed by atoms with van der Waals surface area (Å²) in [4.78, 5) is 9.06. The van der Waals surface area contributed by atoms with Crippen LogP contribution in [0, 0.1) is 6.92 Å². The zero-order chi connectivity index (χ0) is 19.4. The Labute approximate surface area is 159 Å². The summed E-state index contributed by atoms with van der Waals surface area (Å²) in [6.07, 6.45) is 9.58. The van der Waals surface area contributed by atoms with Crippen LogP contribution in [-0.4, -0.2) is 29.9 Å². The molecule has 0 spiro atoms. The van der Waals surface area contributed by atoms with Crippen molar-refractivity contribution in [2.45, 2.75) is 58.9 Å². The predicted octanol–water partition coefficient (Wildman–Crippen LogP) is 4.29. The molecule has 0 unspecified atom stereocenters. The molecule has 0 aliphatic heterocycles. The van der Waals surface area contributed by atoms with Crippen LogP contribution in [0.2, 0.25) is 0 Å². The normalized spacial score (nSPS) is 13.0. The van der Waals surface area contributed by atoms with Gasteiger partial charge in [-0.1, -0.05) is 34.6 Å². The van der Waals surface area contributed by atoms with E-state index in [-0.39, 0.29) is 10.8 Å². The largest absolute Gasteiger partial charge is 0.276 e. The lowest BCUT2D eigenvalue weighted by molar-refractivity contribution is 0.416. The van der Waals surface area contributed by atoms with Crippen molar-refractivity contribution in [3.63, 3.8) is 0 Å². The van der Waals surface area contributed by atoms with Gasteiger partial charge < -0.3 is 0 Å². The molecule has 0 amide bonds. The fraction of sp³-hybridized carbons (Fsp3) is 0.429. The van der Waals surface area contributed by atoms with E-state index in [4.69, 9.17) is 5.10 Å². The van der Waals surface area contributed by atoms with Crippen molar-refractivity contribution in [3.8, 4) is 0 Å². The van der Waals surface area contributed by atoms with E-state index in [2.05, 4.69) is 66.4 Å². The molecule has 4 aromatic rings.